The molecule has 1 atom stereocenters. The number of rotatable bonds is 2. The van der Waals surface area contributed by atoms with Gasteiger partial charge >= 0.3 is 0 Å². The van der Waals surface area contributed by atoms with Crippen molar-refractivity contribution in [3.8, 4) is 0 Å². The average molecular weight is 278 g/mol. The van der Waals surface area contributed by atoms with Gasteiger partial charge in [-0.3, -0.25) is 4.79 Å². The van der Waals surface area contributed by atoms with Crippen LogP contribution in [0, 0.1) is 6.92 Å². The maximum absolute atomic E-state index is 12.2. The maximum Gasteiger partial charge on any atom is 0.265 e. The highest BCUT2D eigenvalue weighted by Crippen LogP contribution is 2.30. The third-order valence-electron chi connectivity index (χ3n) is 2.91. The van der Waals surface area contributed by atoms with E-state index in [4.69, 9.17) is 23.2 Å². The van der Waals surface area contributed by atoms with Crippen LogP contribution in [0.5, 0.6) is 0 Å². The van der Waals surface area contributed by atoms with Gasteiger partial charge in [0.25, 0.3) is 5.91 Å². The Morgan fingerprint density at radius 1 is 1.69 bits per heavy atom. The number of thiophene rings is 1. The highest BCUT2D eigenvalue weighted by Gasteiger charge is 2.30. The number of alkyl halides is 1. The van der Waals surface area contributed by atoms with Crippen molar-refractivity contribution in [3.05, 3.63) is 20.8 Å². The summed E-state index contributed by atoms with van der Waals surface area (Å²) < 4.78 is 0. The molecule has 1 amide bonds. The fourth-order valence-electron chi connectivity index (χ4n) is 1.97. The van der Waals surface area contributed by atoms with Gasteiger partial charge in [-0.15, -0.1) is 22.9 Å². The second kappa shape index (κ2) is 4.94. The molecule has 1 aromatic heterocycles. The van der Waals surface area contributed by atoms with Crippen LogP contribution in [0.15, 0.2) is 5.38 Å². The smallest absolute Gasteiger partial charge is 0.265 e. The molecule has 1 fully saturated rings. The lowest BCUT2D eigenvalue weighted by Crippen LogP contribution is -2.36. The van der Waals surface area contributed by atoms with Crippen molar-refractivity contribution in [2.75, 3.05) is 12.4 Å². The summed E-state index contributed by atoms with van der Waals surface area (Å²) in [6.45, 7) is 2.71. The highest BCUT2D eigenvalue weighted by atomic mass is 35.5. The molecule has 2 nitrogen and oxygen atoms in total. The molecular formula is C11H13Cl2NOS. The molecule has 0 N–H and O–H groups in total. The normalized spacial score (nSPS) is 20.4. The van der Waals surface area contributed by atoms with Crippen LogP contribution in [0.4, 0.5) is 0 Å². The number of aryl methyl sites for hydroxylation is 1. The molecule has 0 spiro atoms. The molecule has 5 heteroatoms. The first-order valence-electron chi connectivity index (χ1n) is 5.25. The van der Waals surface area contributed by atoms with Gasteiger partial charge in [0.05, 0.1) is 5.02 Å². The third-order valence-corrected chi connectivity index (χ3v) is 4.95. The van der Waals surface area contributed by atoms with E-state index in [1.165, 1.54) is 11.3 Å². The van der Waals surface area contributed by atoms with E-state index < -0.39 is 0 Å². The Balaban J connectivity index is 2.22. The zero-order chi connectivity index (χ0) is 11.7. The van der Waals surface area contributed by atoms with Gasteiger partial charge < -0.3 is 4.90 Å². The van der Waals surface area contributed by atoms with Crippen LogP contribution in [0.25, 0.3) is 0 Å². The van der Waals surface area contributed by atoms with E-state index in [0.717, 1.165) is 24.9 Å². The van der Waals surface area contributed by atoms with Gasteiger partial charge in [-0.1, -0.05) is 11.6 Å². The van der Waals surface area contributed by atoms with E-state index in [1.807, 2.05) is 17.2 Å². The summed E-state index contributed by atoms with van der Waals surface area (Å²) in [6.07, 6.45) is 2.03. The van der Waals surface area contributed by atoms with Crippen molar-refractivity contribution in [2.24, 2.45) is 0 Å². The number of carbonyl (C=O) groups excluding carboxylic acids is 1. The number of halogens is 2. The highest BCUT2D eigenvalue weighted by molar-refractivity contribution is 7.13. The molecule has 2 heterocycles. The molecule has 0 saturated carbocycles. The molecule has 1 aromatic rings. The maximum atomic E-state index is 12.2. The van der Waals surface area contributed by atoms with Gasteiger partial charge in [0.1, 0.15) is 4.88 Å². The minimum atomic E-state index is 0.0336. The number of hydrogen-bond acceptors (Lipinski definition) is 2. The van der Waals surface area contributed by atoms with Crippen LogP contribution in [0.2, 0.25) is 5.02 Å². The summed E-state index contributed by atoms with van der Waals surface area (Å²) in [6, 6.07) is 0.174. The van der Waals surface area contributed by atoms with Gasteiger partial charge in [0.15, 0.2) is 0 Å². The minimum absolute atomic E-state index is 0.0336. The summed E-state index contributed by atoms with van der Waals surface area (Å²) in [7, 11) is 0. The number of hydrogen-bond donors (Lipinski definition) is 0. The topological polar surface area (TPSA) is 20.3 Å². The molecule has 1 aliphatic heterocycles. The number of amides is 1. The predicted octanol–water partition coefficient (Wildman–Crippen LogP) is 3.55. The Labute approximate surface area is 109 Å². The summed E-state index contributed by atoms with van der Waals surface area (Å²) in [5, 5.41) is 2.51. The second-order valence-electron chi connectivity index (χ2n) is 4.01. The molecule has 0 radical (unpaired) electrons. The molecule has 1 unspecified atom stereocenters. The predicted molar refractivity (Wildman–Crippen MR) is 68.8 cm³/mol. The number of nitrogens with zero attached hydrogens (tertiary/aromatic N) is 1. The van der Waals surface area contributed by atoms with Crippen LogP contribution in [-0.4, -0.2) is 29.3 Å². The second-order valence-corrected chi connectivity index (χ2v) is 5.58. The summed E-state index contributed by atoms with van der Waals surface area (Å²) in [5.74, 6) is 0.541. The first-order valence-corrected chi connectivity index (χ1v) is 7.05. The van der Waals surface area contributed by atoms with Crippen molar-refractivity contribution in [3.63, 3.8) is 0 Å². The van der Waals surface area contributed by atoms with Crippen molar-refractivity contribution in [1.82, 2.24) is 4.90 Å². The fourth-order valence-corrected chi connectivity index (χ4v) is 3.52. The standard InChI is InChI=1S/C11H13Cl2NOS/c1-7-6-16-10(9(7)13)11(15)14-4-2-3-8(14)5-12/h6,8H,2-5H2,1H3. The first kappa shape index (κ1) is 12.2. The van der Waals surface area contributed by atoms with E-state index in [0.29, 0.717) is 15.8 Å². The van der Waals surface area contributed by atoms with Crippen LogP contribution in [-0.2, 0) is 0 Å². The molecule has 0 bridgehead atoms. The van der Waals surface area contributed by atoms with Crippen molar-refractivity contribution in [1.29, 1.82) is 0 Å². The van der Waals surface area contributed by atoms with Crippen molar-refractivity contribution >= 4 is 40.4 Å². The summed E-state index contributed by atoms with van der Waals surface area (Å²) >= 11 is 13.4. The third kappa shape index (κ3) is 2.08. The monoisotopic (exact) mass is 277 g/mol. The molecule has 1 aliphatic rings. The van der Waals surface area contributed by atoms with Gasteiger partial charge in [0, 0.05) is 18.5 Å². The van der Waals surface area contributed by atoms with Gasteiger partial charge in [-0.2, -0.15) is 0 Å². The Bertz CT molecular complexity index is 405. The molecule has 1 saturated heterocycles. The van der Waals surface area contributed by atoms with E-state index >= 15 is 0 Å². The summed E-state index contributed by atoms with van der Waals surface area (Å²) in [5.41, 5.74) is 0.969. The Morgan fingerprint density at radius 3 is 3.00 bits per heavy atom. The average Bonchev–Trinajstić information content (AvgIpc) is 2.86. The number of carbonyl (C=O) groups is 1. The number of likely N-dealkylation sites (tertiary alicyclic amines) is 1. The van der Waals surface area contributed by atoms with Crippen LogP contribution in [0.1, 0.15) is 28.1 Å². The van der Waals surface area contributed by atoms with Gasteiger partial charge in [0.2, 0.25) is 0 Å². The van der Waals surface area contributed by atoms with Crippen LogP contribution < -0.4 is 0 Å². The largest absolute Gasteiger partial charge is 0.334 e. The molecule has 88 valence electrons. The fraction of sp³-hybridized carbons (Fsp3) is 0.545. The summed E-state index contributed by atoms with van der Waals surface area (Å²) in [4.78, 5) is 14.7. The molecular weight excluding hydrogens is 265 g/mol. The zero-order valence-corrected chi connectivity index (χ0v) is 11.3. The van der Waals surface area contributed by atoms with E-state index in [9.17, 15) is 4.79 Å². The van der Waals surface area contributed by atoms with E-state index in [1.54, 1.807) is 0 Å². The van der Waals surface area contributed by atoms with Crippen LogP contribution >= 0.6 is 34.5 Å². The van der Waals surface area contributed by atoms with Gasteiger partial charge in [-0.25, -0.2) is 0 Å². The Morgan fingerprint density at radius 2 is 2.44 bits per heavy atom. The lowest BCUT2D eigenvalue weighted by Gasteiger charge is -2.22. The minimum Gasteiger partial charge on any atom is -0.334 e. The van der Waals surface area contributed by atoms with E-state index in [2.05, 4.69) is 0 Å². The lowest BCUT2D eigenvalue weighted by molar-refractivity contribution is 0.0754. The molecule has 16 heavy (non-hydrogen) atoms. The molecule has 0 aromatic carbocycles. The zero-order valence-electron chi connectivity index (χ0n) is 9.00. The quantitative estimate of drug-likeness (QED) is 0.757. The van der Waals surface area contributed by atoms with Gasteiger partial charge in [-0.05, 0) is 30.7 Å². The van der Waals surface area contributed by atoms with Crippen molar-refractivity contribution in [2.45, 2.75) is 25.8 Å². The Kier molecular flexibility index (Phi) is 3.77. The Hall–Kier alpha value is -0.250. The van der Waals surface area contributed by atoms with E-state index in [-0.39, 0.29) is 11.9 Å². The molecule has 2 rings (SSSR count). The molecule has 0 aliphatic carbocycles. The first-order chi connectivity index (χ1) is 7.65. The SMILES string of the molecule is Cc1csc(C(=O)N2CCCC2CCl)c1Cl. The lowest BCUT2D eigenvalue weighted by atomic mass is 10.2. The van der Waals surface area contributed by atoms with Crippen molar-refractivity contribution < 1.29 is 4.79 Å². The van der Waals surface area contributed by atoms with Crippen LogP contribution in [0.3, 0.4) is 0 Å².